The van der Waals surface area contributed by atoms with Gasteiger partial charge in [0.1, 0.15) is 11.3 Å². The summed E-state index contributed by atoms with van der Waals surface area (Å²) in [5, 5.41) is 2.83. The molecule has 2 aromatic rings. The Labute approximate surface area is 172 Å². The van der Waals surface area contributed by atoms with Crippen LogP contribution in [0.1, 0.15) is 44.6 Å². The average Bonchev–Trinajstić information content (AvgIpc) is 3.21. The van der Waals surface area contributed by atoms with Crippen molar-refractivity contribution < 1.29 is 14.3 Å². The average molecular weight is 398 g/mol. The highest BCUT2D eigenvalue weighted by molar-refractivity contribution is 5.94. The molecule has 1 N–H and O–H groups in total. The molecule has 0 unspecified atom stereocenters. The third-order valence-electron chi connectivity index (χ3n) is 5.27. The lowest BCUT2D eigenvalue weighted by Gasteiger charge is -2.22. The molecule has 3 rings (SSSR count). The number of hydrogen-bond acceptors (Lipinski definition) is 3. The number of aromatic nitrogens is 1. The first-order valence-corrected chi connectivity index (χ1v) is 10.1. The zero-order valence-electron chi connectivity index (χ0n) is 17.9. The van der Waals surface area contributed by atoms with Gasteiger partial charge in [-0.25, -0.2) is 4.79 Å². The highest BCUT2D eigenvalue weighted by Gasteiger charge is 2.34. The van der Waals surface area contributed by atoms with Crippen LogP contribution in [-0.4, -0.2) is 46.2 Å². The molecule has 2 atom stereocenters. The lowest BCUT2D eigenvalue weighted by molar-refractivity contribution is 0.0520. The van der Waals surface area contributed by atoms with Gasteiger partial charge >= 0.3 is 6.09 Å². The number of ether oxygens (including phenoxy) is 1. The zero-order valence-corrected chi connectivity index (χ0v) is 17.9. The van der Waals surface area contributed by atoms with Gasteiger partial charge in [-0.15, -0.1) is 0 Å². The summed E-state index contributed by atoms with van der Waals surface area (Å²) < 4.78 is 7.25. The molecule has 6 nitrogen and oxygen atoms in total. The smallest absolute Gasteiger partial charge is 0.407 e. The van der Waals surface area contributed by atoms with Gasteiger partial charge in [0, 0.05) is 31.9 Å². The van der Waals surface area contributed by atoms with Gasteiger partial charge < -0.3 is 19.5 Å². The summed E-state index contributed by atoms with van der Waals surface area (Å²) in [6, 6.07) is 14.1. The molecule has 6 heteroatoms. The van der Waals surface area contributed by atoms with E-state index in [4.69, 9.17) is 4.74 Å². The second-order valence-electron chi connectivity index (χ2n) is 8.82. The molecule has 1 aromatic heterocycles. The third kappa shape index (κ3) is 5.00. The second kappa shape index (κ2) is 8.31. The number of nitrogens with one attached hydrogen (secondary N) is 1. The first-order chi connectivity index (χ1) is 13.7. The van der Waals surface area contributed by atoms with Crippen molar-refractivity contribution in [2.45, 2.75) is 45.8 Å². The van der Waals surface area contributed by atoms with E-state index >= 15 is 0 Å². The van der Waals surface area contributed by atoms with Crippen LogP contribution in [0.4, 0.5) is 4.79 Å². The second-order valence-corrected chi connectivity index (χ2v) is 8.82. The predicted molar refractivity (Wildman–Crippen MR) is 114 cm³/mol. The van der Waals surface area contributed by atoms with Crippen molar-refractivity contribution in [3.05, 3.63) is 48.2 Å². The van der Waals surface area contributed by atoms with E-state index in [2.05, 4.69) is 12.2 Å². The Bertz CT molecular complexity index is 867. The van der Waals surface area contributed by atoms with Gasteiger partial charge in [-0.1, -0.05) is 30.3 Å². The van der Waals surface area contributed by atoms with Crippen molar-refractivity contribution in [1.29, 1.82) is 0 Å². The van der Waals surface area contributed by atoms with Gasteiger partial charge in [0.2, 0.25) is 0 Å². The lowest BCUT2D eigenvalue weighted by atomic mass is 10.1. The number of benzene rings is 1. The molecule has 0 aliphatic carbocycles. The molecular formula is C23H31N3O3. The number of hydrogen-bond donors (Lipinski definition) is 1. The number of rotatable bonds is 4. The fourth-order valence-electron chi connectivity index (χ4n) is 3.89. The molecule has 29 heavy (non-hydrogen) atoms. The van der Waals surface area contributed by atoms with E-state index in [0.29, 0.717) is 18.8 Å². The van der Waals surface area contributed by atoms with Gasteiger partial charge in [-0.2, -0.15) is 0 Å². The Kier molecular flexibility index (Phi) is 6.01. The van der Waals surface area contributed by atoms with Crippen molar-refractivity contribution in [3.63, 3.8) is 0 Å². The fraction of sp³-hybridized carbons (Fsp3) is 0.478. The number of carbonyl (C=O) groups excluding carboxylic acids is 2. The Balaban J connectivity index is 1.63. The molecule has 156 valence electrons. The number of carbonyl (C=O) groups is 2. The topological polar surface area (TPSA) is 63.6 Å². The summed E-state index contributed by atoms with van der Waals surface area (Å²) in [5.41, 5.74) is 2.27. The van der Waals surface area contributed by atoms with E-state index in [1.807, 2.05) is 79.8 Å². The molecule has 1 fully saturated rings. The van der Waals surface area contributed by atoms with Gasteiger partial charge in [0.05, 0.1) is 0 Å². The normalized spacial score (nSPS) is 19.3. The Hall–Kier alpha value is -2.76. The summed E-state index contributed by atoms with van der Waals surface area (Å²) in [7, 11) is 1.93. The molecule has 1 saturated heterocycles. The van der Waals surface area contributed by atoms with Crippen molar-refractivity contribution in [1.82, 2.24) is 14.8 Å². The fourth-order valence-corrected chi connectivity index (χ4v) is 3.89. The molecule has 0 bridgehead atoms. The monoisotopic (exact) mass is 397 g/mol. The maximum absolute atomic E-state index is 13.2. The Morgan fingerprint density at radius 3 is 2.48 bits per heavy atom. The molecule has 2 amide bonds. The predicted octanol–water partition coefficient (Wildman–Crippen LogP) is 4.07. The van der Waals surface area contributed by atoms with Gasteiger partial charge in [-0.3, -0.25) is 4.79 Å². The first-order valence-electron chi connectivity index (χ1n) is 10.1. The standard InChI is InChI=1S/C23H31N3O3/c1-16-13-17(14-24-22(28)29-23(2,3)4)15-26(16)21(27)20-12-11-19(25(20)5)18-9-7-6-8-10-18/h6-12,16-17H,13-15H2,1-5H3,(H,24,28)/t16-,17-/m0/s1. The Morgan fingerprint density at radius 1 is 1.14 bits per heavy atom. The van der Waals surface area contributed by atoms with E-state index in [-0.39, 0.29) is 17.9 Å². The maximum atomic E-state index is 13.2. The maximum Gasteiger partial charge on any atom is 0.407 e. The first kappa shape index (κ1) is 21.0. The van der Waals surface area contributed by atoms with Crippen LogP contribution in [0.5, 0.6) is 0 Å². The van der Waals surface area contributed by atoms with Crippen LogP contribution in [-0.2, 0) is 11.8 Å². The molecule has 0 saturated carbocycles. The highest BCUT2D eigenvalue weighted by atomic mass is 16.6. The van der Waals surface area contributed by atoms with Crippen molar-refractivity contribution in [2.75, 3.05) is 13.1 Å². The summed E-state index contributed by atoms with van der Waals surface area (Å²) in [6.45, 7) is 8.72. The quantitative estimate of drug-likeness (QED) is 0.846. The number of likely N-dealkylation sites (tertiary alicyclic amines) is 1. The summed E-state index contributed by atoms with van der Waals surface area (Å²) in [6.07, 6.45) is 0.446. The van der Waals surface area contributed by atoms with Crippen LogP contribution in [0, 0.1) is 5.92 Å². The van der Waals surface area contributed by atoms with Gasteiger partial charge in [0.15, 0.2) is 0 Å². The highest BCUT2D eigenvalue weighted by Crippen LogP contribution is 2.27. The minimum absolute atomic E-state index is 0.0296. The van der Waals surface area contributed by atoms with Crippen LogP contribution >= 0.6 is 0 Å². The lowest BCUT2D eigenvalue weighted by Crippen LogP contribution is -2.37. The summed E-state index contributed by atoms with van der Waals surface area (Å²) in [4.78, 5) is 27.0. The van der Waals surface area contributed by atoms with E-state index in [9.17, 15) is 9.59 Å². The molecule has 1 aliphatic rings. The Morgan fingerprint density at radius 2 is 1.83 bits per heavy atom. The van der Waals surface area contributed by atoms with Crippen molar-refractivity contribution >= 4 is 12.0 Å². The van der Waals surface area contributed by atoms with E-state index in [1.54, 1.807) is 0 Å². The SMILES string of the molecule is C[C@H]1C[C@@H](CNC(=O)OC(C)(C)C)CN1C(=O)c1ccc(-c2ccccc2)n1C. The third-order valence-corrected chi connectivity index (χ3v) is 5.27. The van der Waals surface area contributed by atoms with Crippen LogP contribution < -0.4 is 5.32 Å². The van der Waals surface area contributed by atoms with E-state index in [1.165, 1.54) is 0 Å². The van der Waals surface area contributed by atoms with Gasteiger partial charge in [-0.05, 0) is 57.7 Å². The molecule has 2 heterocycles. The molecule has 0 radical (unpaired) electrons. The van der Waals surface area contributed by atoms with Crippen molar-refractivity contribution in [3.8, 4) is 11.3 Å². The van der Waals surface area contributed by atoms with Crippen molar-refractivity contribution in [2.24, 2.45) is 13.0 Å². The van der Waals surface area contributed by atoms with Crippen LogP contribution in [0.25, 0.3) is 11.3 Å². The number of alkyl carbamates (subject to hydrolysis) is 1. The molecule has 0 spiro atoms. The number of amides is 2. The van der Waals surface area contributed by atoms with Crippen LogP contribution in [0.15, 0.2) is 42.5 Å². The molecular weight excluding hydrogens is 366 g/mol. The van der Waals surface area contributed by atoms with Crippen LogP contribution in [0.2, 0.25) is 0 Å². The zero-order chi connectivity index (χ0) is 21.2. The molecule has 1 aliphatic heterocycles. The summed E-state index contributed by atoms with van der Waals surface area (Å²) in [5.74, 6) is 0.247. The van der Waals surface area contributed by atoms with Gasteiger partial charge in [0.25, 0.3) is 5.91 Å². The van der Waals surface area contributed by atoms with E-state index < -0.39 is 11.7 Å². The van der Waals surface area contributed by atoms with E-state index in [0.717, 1.165) is 17.7 Å². The summed E-state index contributed by atoms with van der Waals surface area (Å²) >= 11 is 0. The minimum atomic E-state index is -0.516. The number of nitrogens with zero attached hydrogens (tertiary/aromatic N) is 2. The minimum Gasteiger partial charge on any atom is -0.444 e. The molecule has 1 aromatic carbocycles. The largest absolute Gasteiger partial charge is 0.444 e. The van der Waals surface area contributed by atoms with Crippen LogP contribution in [0.3, 0.4) is 0 Å².